The van der Waals surface area contributed by atoms with Crippen LogP contribution in [0, 0.1) is 5.92 Å². The van der Waals surface area contributed by atoms with E-state index in [9.17, 15) is 22.8 Å². The van der Waals surface area contributed by atoms with Crippen molar-refractivity contribution in [3.05, 3.63) is 0 Å². The van der Waals surface area contributed by atoms with Gasteiger partial charge >= 0.3 is 5.51 Å². The second-order valence-electron chi connectivity index (χ2n) is 4.48. The highest BCUT2D eigenvalue weighted by molar-refractivity contribution is 8.00. The van der Waals surface area contributed by atoms with Crippen LogP contribution in [0.15, 0.2) is 0 Å². The van der Waals surface area contributed by atoms with E-state index < -0.39 is 11.6 Å². The molecule has 1 N–H and O–H groups in total. The van der Waals surface area contributed by atoms with Gasteiger partial charge in [0.1, 0.15) is 6.04 Å². The third-order valence-corrected chi connectivity index (χ3v) is 3.78. The Balaban J connectivity index is 2.57. The summed E-state index contributed by atoms with van der Waals surface area (Å²) < 4.78 is 36.1. The Labute approximate surface area is 114 Å². The zero-order valence-electron chi connectivity index (χ0n) is 10.8. The molecular weight excluding hydrogens is 281 g/mol. The Hall–Kier alpha value is -0.920. The van der Waals surface area contributed by atoms with Crippen molar-refractivity contribution in [1.29, 1.82) is 0 Å². The molecule has 1 rings (SSSR count). The SMILES string of the molecule is CCC(C)C1NC(=O)CN(CCSC(F)(F)F)C1=O. The summed E-state index contributed by atoms with van der Waals surface area (Å²) in [5.41, 5.74) is -4.31. The molecule has 1 aliphatic rings. The molecule has 2 unspecified atom stereocenters. The van der Waals surface area contributed by atoms with Crippen molar-refractivity contribution < 1.29 is 22.8 Å². The molecule has 19 heavy (non-hydrogen) atoms. The number of rotatable bonds is 5. The predicted octanol–water partition coefficient (Wildman–Crippen LogP) is 1.61. The number of thioether (sulfide) groups is 1. The lowest BCUT2D eigenvalue weighted by Gasteiger charge is -2.35. The van der Waals surface area contributed by atoms with Gasteiger partial charge in [0.25, 0.3) is 0 Å². The van der Waals surface area contributed by atoms with Crippen molar-refractivity contribution in [2.24, 2.45) is 5.92 Å². The van der Waals surface area contributed by atoms with Crippen LogP contribution in [0.25, 0.3) is 0 Å². The number of nitrogens with one attached hydrogen (secondary N) is 1. The van der Waals surface area contributed by atoms with E-state index in [2.05, 4.69) is 5.32 Å². The first-order chi connectivity index (χ1) is 8.74. The van der Waals surface area contributed by atoms with Gasteiger partial charge in [0.15, 0.2) is 0 Å². The minimum atomic E-state index is -4.31. The van der Waals surface area contributed by atoms with Gasteiger partial charge in [-0.25, -0.2) is 0 Å². The summed E-state index contributed by atoms with van der Waals surface area (Å²) in [4.78, 5) is 24.7. The van der Waals surface area contributed by atoms with Crippen LogP contribution in [0.1, 0.15) is 20.3 Å². The number of amides is 2. The molecule has 0 aliphatic carbocycles. The zero-order valence-corrected chi connectivity index (χ0v) is 11.6. The van der Waals surface area contributed by atoms with Crippen LogP contribution in [-0.4, -0.2) is 47.1 Å². The van der Waals surface area contributed by atoms with Crippen molar-refractivity contribution in [1.82, 2.24) is 10.2 Å². The summed E-state index contributed by atoms with van der Waals surface area (Å²) in [6, 6.07) is -0.623. The Bertz CT molecular complexity index is 349. The van der Waals surface area contributed by atoms with Gasteiger partial charge < -0.3 is 10.2 Å². The second-order valence-corrected chi connectivity index (χ2v) is 5.64. The molecule has 0 bridgehead atoms. The van der Waals surface area contributed by atoms with Crippen molar-refractivity contribution >= 4 is 23.6 Å². The molecule has 1 heterocycles. The molecule has 1 aliphatic heterocycles. The highest BCUT2D eigenvalue weighted by Gasteiger charge is 2.36. The van der Waals surface area contributed by atoms with Crippen LogP contribution in [0.5, 0.6) is 0 Å². The summed E-state index contributed by atoms with van der Waals surface area (Å²) in [7, 11) is 0. The first-order valence-corrected chi connectivity index (χ1v) is 7.02. The Kier molecular flexibility index (Phi) is 5.51. The average molecular weight is 298 g/mol. The molecule has 2 atom stereocenters. The van der Waals surface area contributed by atoms with E-state index in [0.717, 1.165) is 0 Å². The Morgan fingerprint density at radius 1 is 1.47 bits per heavy atom. The van der Waals surface area contributed by atoms with E-state index >= 15 is 0 Å². The van der Waals surface area contributed by atoms with Gasteiger partial charge in [0.05, 0.1) is 6.54 Å². The number of halogens is 3. The van der Waals surface area contributed by atoms with Crippen LogP contribution in [0.2, 0.25) is 0 Å². The summed E-state index contributed by atoms with van der Waals surface area (Å²) >= 11 is -0.180. The monoisotopic (exact) mass is 298 g/mol. The Morgan fingerprint density at radius 2 is 2.11 bits per heavy atom. The van der Waals surface area contributed by atoms with Crippen molar-refractivity contribution in [3.8, 4) is 0 Å². The fraction of sp³-hybridized carbons (Fsp3) is 0.818. The minimum absolute atomic E-state index is 0.0329. The van der Waals surface area contributed by atoms with Crippen LogP contribution in [0.4, 0.5) is 13.2 Å². The molecule has 0 aromatic heterocycles. The van der Waals surface area contributed by atoms with Crippen LogP contribution < -0.4 is 5.32 Å². The molecule has 0 aromatic carbocycles. The van der Waals surface area contributed by atoms with E-state index in [1.807, 2.05) is 13.8 Å². The number of hydrogen-bond acceptors (Lipinski definition) is 3. The summed E-state index contributed by atoms with van der Waals surface area (Å²) in [6.45, 7) is 3.49. The van der Waals surface area contributed by atoms with E-state index in [0.29, 0.717) is 6.42 Å². The molecule has 1 fully saturated rings. The van der Waals surface area contributed by atoms with Crippen molar-refractivity contribution in [2.45, 2.75) is 31.8 Å². The highest BCUT2D eigenvalue weighted by atomic mass is 32.2. The molecule has 0 aromatic rings. The molecule has 2 amide bonds. The van der Waals surface area contributed by atoms with Gasteiger partial charge in [-0.3, -0.25) is 9.59 Å². The van der Waals surface area contributed by atoms with E-state index in [1.54, 1.807) is 0 Å². The summed E-state index contributed by atoms with van der Waals surface area (Å²) in [5.74, 6) is -0.899. The first-order valence-electron chi connectivity index (χ1n) is 6.03. The van der Waals surface area contributed by atoms with Crippen LogP contribution in [-0.2, 0) is 9.59 Å². The van der Waals surface area contributed by atoms with Gasteiger partial charge in [0, 0.05) is 12.3 Å². The maximum Gasteiger partial charge on any atom is 0.441 e. The van der Waals surface area contributed by atoms with E-state index in [1.165, 1.54) is 4.90 Å². The number of piperazine rings is 1. The zero-order chi connectivity index (χ0) is 14.6. The summed E-state index contributed by atoms with van der Waals surface area (Å²) in [6.07, 6.45) is 0.710. The van der Waals surface area contributed by atoms with Gasteiger partial charge in [-0.05, 0) is 17.7 Å². The lowest BCUT2D eigenvalue weighted by Crippen LogP contribution is -2.60. The average Bonchev–Trinajstić information content (AvgIpc) is 2.30. The predicted molar refractivity (Wildman–Crippen MR) is 66.5 cm³/mol. The fourth-order valence-electron chi connectivity index (χ4n) is 1.81. The Morgan fingerprint density at radius 3 is 2.63 bits per heavy atom. The fourth-order valence-corrected chi connectivity index (χ4v) is 2.35. The molecule has 1 saturated heterocycles. The first kappa shape index (κ1) is 16.1. The van der Waals surface area contributed by atoms with Crippen LogP contribution >= 0.6 is 11.8 Å². The standard InChI is InChI=1S/C11H17F3N2O2S/c1-3-7(2)9-10(18)16(6-8(17)15-9)4-5-19-11(12,13)14/h7,9H,3-6H2,1-2H3,(H,15,17). The number of nitrogens with zero attached hydrogens (tertiary/aromatic N) is 1. The highest BCUT2D eigenvalue weighted by Crippen LogP contribution is 2.30. The smallest absolute Gasteiger partial charge is 0.342 e. The number of carbonyl (C=O) groups is 2. The molecule has 0 radical (unpaired) electrons. The quantitative estimate of drug-likeness (QED) is 0.839. The minimum Gasteiger partial charge on any atom is -0.342 e. The van der Waals surface area contributed by atoms with Crippen molar-refractivity contribution in [3.63, 3.8) is 0 Å². The molecule has 8 heteroatoms. The molecule has 0 saturated carbocycles. The molecule has 4 nitrogen and oxygen atoms in total. The number of alkyl halides is 3. The molecule has 110 valence electrons. The maximum atomic E-state index is 12.0. The summed E-state index contributed by atoms with van der Waals surface area (Å²) in [5, 5.41) is 2.59. The van der Waals surface area contributed by atoms with E-state index in [-0.39, 0.29) is 48.3 Å². The number of carbonyl (C=O) groups excluding carboxylic acids is 2. The third kappa shape index (κ3) is 4.93. The molecule has 0 spiro atoms. The van der Waals surface area contributed by atoms with Gasteiger partial charge in [-0.15, -0.1) is 0 Å². The van der Waals surface area contributed by atoms with Gasteiger partial charge in [-0.1, -0.05) is 20.3 Å². The largest absolute Gasteiger partial charge is 0.441 e. The van der Waals surface area contributed by atoms with E-state index in [4.69, 9.17) is 0 Å². The second kappa shape index (κ2) is 6.49. The maximum absolute atomic E-state index is 12.0. The lowest BCUT2D eigenvalue weighted by atomic mass is 9.96. The van der Waals surface area contributed by atoms with Gasteiger partial charge in [-0.2, -0.15) is 13.2 Å². The normalized spacial score (nSPS) is 22.4. The topological polar surface area (TPSA) is 49.4 Å². The van der Waals surface area contributed by atoms with Crippen molar-refractivity contribution in [2.75, 3.05) is 18.8 Å². The lowest BCUT2D eigenvalue weighted by molar-refractivity contribution is -0.145. The number of hydrogen-bond donors (Lipinski definition) is 1. The van der Waals surface area contributed by atoms with Gasteiger partial charge in [0.2, 0.25) is 11.8 Å². The third-order valence-electron chi connectivity index (χ3n) is 3.07. The van der Waals surface area contributed by atoms with Crippen LogP contribution in [0.3, 0.4) is 0 Å². The molecular formula is C11H17F3N2O2S.